The standard InChI is InChI=1S/C12H15Br2NO3S/c1-18-10-3-2-6-15(8-10)19(16,17)12-5-4-9(13)7-11(12)14/h4-5,7,10H,2-3,6,8H2,1H3. The summed E-state index contributed by atoms with van der Waals surface area (Å²) in [6, 6.07) is 5.08. The number of hydrogen-bond acceptors (Lipinski definition) is 3. The largest absolute Gasteiger partial charge is 0.380 e. The summed E-state index contributed by atoms with van der Waals surface area (Å²) >= 11 is 6.64. The summed E-state index contributed by atoms with van der Waals surface area (Å²) in [7, 11) is -1.85. The Bertz CT molecular complexity index is 562. The van der Waals surface area contributed by atoms with E-state index in [0.717, 1.165) is 17.3 Å². The number of rotatable bonds is 3. The molecule has 1 atom stereocenters. The topological polar surface area (TPSA) is 46.6 Å². The van der Waals surface area contributed by atoms with Crippen LogP contribution in [0.1, 0.15) is 12.8 Å². The number of piperidine rings is 1. The average molecular weight is 413 g/mol. The van der Waals surface area contributed by atoms with Gasteiger partial charge in [0.05, 0.1) is 11.0 Å². The van der Waals surface area contributed by atoms with E-state index in [-0.39, 0.29) is 6.10 Å². The van der Waals surface area contributed by atoms with Crippen molar-refractivity contribution >= 4 is 41.9 Å². The van der Waals surface area contributed by atoms with E-state index in [1.165, 1.54) is 4.31 Å². The lowest BCUT2D eigenvalue weighted by atomic mass is 10.1. The van der Waals surface area contributed by atoms with Crippen LogP contribution in [0.3, 0.4) is 0 Å². The molecule has 1 aromatic rings. The van der Waals surface area contributed by atoms with Crippen molar-refractivity contribution in [3.8, 4) is 0 Å². The van der Waals surface area contributed by atoms with Crippen LogP contribution in [0.5, 0.6) is 0 Å². The summed E-state index contributed by atoms with van der Waals surface area (Å²) in [5, 5.41) is 0. The molecule has 1 saturated heterocycles. The van der Waals surface area contributed by atoms with E-state index in [2.05, 4.69) is 31.9 Å². The highest BCUT2D eigenvalue weighted by atomic mass is 79.9. The molecule has 0 radical (unpaired) electrons. The van der Waals surface area contributed by atoms with Gasteiger partial charge >= 0.3 is 0 Å². The van der Waals surface area contributed by atoms with Crippen LogP contribution in [0.2, 0.25) is 0 Å². The molecule has 1 fully saturated rings. The number of ether oxygens (including phenoxy) is 1. The predicted molar refractivity (Wildman–Crippen MR) is 80.6 cm³/mol. The van der Waals surface area contributed by atoms with Crippen molar-refractivity contribution in [1.29, 1.82) is 0 Å². The molecular weight excluding hydrogens is 398 g/mol. The first-order valence-corrected chi connectivity index (χ1v) is 8.95. The average Bonchev–Trinajstić information content (AvgIpc) is 2.38. The van der Waals surface area contributed by atoms with Gasteiger partial charge in [-0.2, -0.15) is 4.31 Å². The molecule has 2 rings (SSSR count). The molecule has 0 spiro atoms. The summed E-state index contributed by atoms with van der Waals surface area (Å²) in [5.41, 5.74) is 0. The van der Waals surface area contributed by atoms with E-state index in [4.69, 9.17) is 4.74 Å². The summed E-state index contributed by atoms with van der Waals surface area (Å²) < 4.78 is 33.4. The molecule has 1 aliphatic rings. The van der Waals surface area contributed by atoms with Crippen LogP contribution >= 0.6 is 31.9 Å². The highest BCUT2D eigenvalue weighted by Gasteiger charge is 2.31. The first-order chi connectivity index (χ1) is 8.95. The van der Waals surface area contributed by atoms with Gasteiger partial charge in [0.25, 0.3) is 0 Å². The number of benzene rings is 1. The summed E-state index contributed by atoms with van der Waals surface area (Å²) in [6.07, 6.45) is 1.72. The number of hydrogen-bond donors (Lipinski definition) is 0. The first-order valence-electron chi connectivity index (χ1n) is 5.93. The number of halogens is 2. The van der Waals surface area contributed by atoms with Crippen LogP contribution in [0.25, 0.3) is 0 Å². The Morgan fingerprint density at radius 2 is 2.11 bits per heavy atom. The highest BCUT2D eigenvalue weighted by Crippen LogP contribution is 2.29. The van der Waals surface area contributed by atoms with Crippen LogP contribution in [-0.2, 0) is 14.8 Å². The fourth-order valence-corrected chi connectivity index (χ4v) is 5.36. The van der Waals surface area contributed by atoms with Crippen molar-refractivity contribution in [3.63, 3.8) is 0 Å². The third kappa shape index (κ3) is 3.39. The van der Waals surface area contributed by atoms with Crippen LogP contribution in [0, 0.1) is 0 Å². The smallest absolute Gasteiger partial charge is 0.244 e. The molecule has 1 aliphatic heterocycles. The SMILES string of the molecule is COC1CCCN(S(=O)(=O)c2ccc(Br)cc2Br)C1. The van der Waals surface area contributed by atoms with Crippen molar-refractivity contribution in [2.24, 2.45) is 0 Å². The molecule has 0 aliphatic carbocycles. The number of nitrogens with zero attached hydrogens (tertiary/aromatic N) is 1. The third-order valence-corrected chi connectivity index (χ3v) is 6.52. The van der Waals surface area contributed by atoms with Gasteiger partial charge in [0, 0.05) is 29.1 Å². The van der Waals surface area contributed by atoms with Crippen molar-refractivity contribution < 1.29 is 13.2 Å². The van der Waals surface area contributed by atoms with Gasteiger partial charge in [0.2, 0.25) is 10.0 Å². The lowest BCUT2D eigenvalue weighted by Crippen LogP contribution is -2.42. The summed E-state index contributed by atoms with van der Waals surface area (Å²) in [4.78, 5) is 0.299. The molecule has 0 saturated carbocycles. The van der Waals surface area contributed by atoms with Crippen molar-refractivity contribution in [1.82, 2.24) is 4.31 Å². The lowest BCUT2D eigenvalue weighted by Gasteiger charge is -2.31. The van der Waals surface area contributed by atoms with Crippen molar-refractivity contribution in [2.75, 3.05) is 20.2 Å². The Hall–Kier alpha value is 0.0500. The molecule has 0 bridgehead atoms. The molecule has 0 amide bonds. The van der Waals surface area contributed by atoms with E-state index >= 15 is 0 Å². The number of sulfonamides is 1. The molecule has 1 aromatic carbocycles. The summed E-state index contributed by atoms with van der Waals surface area (Å²) in [5.74, 6) is 0. The Labute approximate surface area is 130 Å². The van der Waals surface area contributed by atoms with Crippen molar-refractivity contribution in [3.05, 3.63) is 27.1 Å². The zero-order valence-corrected chi connectivity index (χ0v) is 14.5. The molecule has 19 heavy (non-hydrogen) atoms. The van der Waals surface area contributed by atoms with Crippen LogP contribution in [0.4, 0.5) is 0 Å². The third-order valence-electron chi connectivity index (χ3n) is 3.19. The molecule has 7 heteroatoms. The normalized spacial score (nSPS) is 21.5. The summed E-state index contributed by atoms with van der Waals surface area (Å²) in [6.45, 7) is 0.964. The minimum absolute atomic E-state index is 0.0160. The fraction of sp³-hybridized carbons (Fsp3) is 0.500. The Morgan fingerprint density at radius 3 is 2.74 bits per heavy atom. The second kappa shape index (κ2) is 6.22. The van der Waals surface area contributed by atoms with Gasteiger partial charge in [-0.1, -0.05) is 15.9 Å². The zero-order chi connectivity index (χ0) is 14.0. The van der Waals surface area contributed by atoms with Gasteiger partial charge in [0.15, 0.2) is 0 Å². The lowest BCUT2D eigenvalue weighted by molar-refractivity contribution is 0.0572. The Balaban J connectivity index is 2.31. The maximum absolute atomic E-state index is 12.6. The zero-order valence-electron chi connectivity index (χ0n) is 10.5. The van der Waals surface area contributed by atoms with Gasteiger partial charge in [-0.05, 0) is 47.0 Å². The van der Waals surface area contributed by atoms with E-state index in [1.807, 2.05) is 0 Å². The molecule has 4 nitrogen and oxygen atoms in total. The van der Waals surface area contributed by atoms with E-state index < -0.39 is 10.0 Å². The predicted octanol–water partition coefficient (Wildman–Crippen LogP) is 3.01. The van der Waals surface area contributed by atoms with Crippen molar-refractivity contribution in [2.45, 2.75) is 23.8 Å². The van der Waals surface area contributed by atoms with Gasteiger partial charge in [-0.15, -0.1) is 0 Å². The maximum atomic E-state index is 12.6. The van der Waals surface area contributed by atoms with Gasteiger partial charge < -0.3 is 4.74 Å². The first kappa shape index (κ1) is 15.4. The Morgan fingerprint density at radius 1 is 1.37 bits per heavy atom. The highest BCUT2D eigenvalue weighted by molar-refractivity contribution is 9.11. The minimum atomic E-state index is -3.47. The minimum Gasteiger partial charge on any atom is -0.380 e. The molecule has 1 heterocycles. The van der Waals surface area contributed by atoms with Crippen LogP contribution in [0.15, 0.2) is 32.0 Å². The molecule has 106 valence electrons. The van der Waals surface area contributed by atoms with Crippen LogP contribution in [-0.4, -0.2) is 39.0 Å². The quantitative estimate of drug-likeness (QED) is 0.766. The Kier molecular flexibility index (Phi) is 5.05. The van der Waals surface area contributed by atoms with Gasteiger partial charge in [-0.25, -0.2) is 8.42 Å². The van der Waals surface area contributed by atoms with Gasteiger partial charge in [0.1, 0.15) is 0 Å². The molecule has 0 aromatic heterocycles. The fourth-order valence-electron chi connectivity index (χ4n) is 2.14. The van der Waals surface area contributed by atoms with E-state index in [1.54, 1.807) is 25.3 Å². The molecule has 0 N–H and O–H groups in total. The monoisotopic (exact) mass is 411 g/mol. The number of methoxy groups -OCH3 is 1. The molecular formula is C12H15Br2NO3S. The van der Waals surface area contributed by atoms with Gasteiger partial charge in [-0.3, -0.25) is 0 Å². The maximum Gasteiger partial charge on any atom is 0.244 e. The second-order valence-corrected chi connectivity index (χ2v) is 8.11. The second-order valence-electron chi connectivity index (χ2n) is 4.44. The molecule has 1 unspecified atom stereocenters. The van der Waals surface area contributed by atoms with E-state index in [9.17, 15) is 8.42 Å². The van der Waals surface area contributed by atoms with E-state index in [0.29, 0.717) is 22.5 Å². The van der Waals surface area contributed by atoms with Crippen LogP contribution < -0.4 is 0 Å².